The second-order valence-electron chi connectivity index (χ2n) is 5.07. The Balaban J connectivity index is 1.89. The predicted molar refractivity (Wildman–Crippen MR) is 80.8 cm³/mol. The summed E-state index contributed by atoms with van der Waals surface area (Å²) in [4.78, 5) is 6.84. The molecule has 0 spiro atoms. The molecule has 2 atom stereocenters. The van der Waals surface area contributed by atoms with Gasteiger partial charge in [-0.2, -0.15) is 0 Å². The summed E-state index contributed by atoms with van der Waals surface area (Å²) in [6, 6.07) is 7.29. The van der Waals surface area contributed by atoms with Crippen LogP contribution in [-0.4, -0.2) is 23.8 Å². The minimum atomic E-state index is -3.66. The molecule has 0 bridgehead atoms. The van der Waals surface area contributed by atoms with Gasteiger partial charge in [0, 0.05) is 6.42 Å². The molecule has 1 aromatic carbocycles. The van der Waals surface area contributed by atoms with Crippen LogP contribution < -0.4 is 4.72 Å². The van der Waals surface area contributed by atoms with E-state index >= 15 is 0 Å². The van der Waals surface area contributed by atoms with E-state index in [1.54, 1.807) is 0 Å². The number of H-pyrrole nitrogens is 1. The Labute approximate surface area is 128 Å². The normalized spacial score (nSPS) is 21.4. The minimum Gasteiger partial charge on any atom is -0.332 e. The number of halogens is 1. The van der Waals surface area contributed by atoms with E-state index in [0.717, 1.165) is 11.1 Å². The monoisotopic (exact) mass is 325 g/mol. The predicted octanol–water partition coefficient (Wildman–Crippen LogP) is 2.16. The van der Waals surface area contributed by atoms with E-state index in [1.807, 2.05) is 31.2 Å². The van der Waals surface area contributed by atoms with Gasteiger partial charge < -0.3 is 4.98 Å². The fourth-order valence-electron chi connectivity index (χ4n) is 2.57. The molecule has 0 amide bonds. The number of nitrogens with zero attached hydrogens (tertiary/aromatic N) is 1. The molecule has 3 rings (SSSR count). The Kier molecular flexibility index (Phi) is 3.77. The van der Waals surface area contributed by atoms with Gasteiger partial charge in [0.1, 0.15) is 5.82 Å². The lowest BCUT2D eigenvalue weighted by molar-refractivity contribution is 0.553. The lowest BCUT2D eigenvalue weighted by Gasteiger charge is -2.16. The lowest BCUT2D eigenvalue weighted by Crippen LogP contribution is -2.32. The Morgan fingerprint density at radius 3 is 2.90 bits per heavy atom. The average Bonchev–Trinajstić information content (AvgIpc) is 3.05. The van der Waals surface area contributed by atoms with Crippen molar-refractivity contribution in [3.8, 4) is 0 Å². The quantitative estimate of drug-likeness (QED) is 0.846. The van der Waals surface area contributed by atoms with Gasteiger partial charge in [0.25, 0.3) is 10.0 Å². The van der Waals surface area contributed by atoms with Crippen molar-refractivity contribution in [3.63, 3.8) is 0 Å². The number of sulfonamides is 1. The number of benzene rings is 1. The second-order valence-corrected chi connectivity index (χ2v) is 7.31. The van der Waals surface area contributed by atoms with Crippen LogP contribution in [0, 0.1) is 0 Å². The molecule has 2 N–H and O–H groups in total. The number of alkyl halides is 1. The van der Waals surface area contributed by atoms with E-state index in [0.29, 0.717) is 18.7 Å². The fraction of sp³-hybridized carbons (Fsp3) is 0.357. The molecule has 1 aliphatic carbocycles. The minimum absolute atomic E-state index is 0.0765. The van der Waals surface area contributed by atoms with E-state index in [4.69, 9.17) is 11.6 Å². The van der Waals surface area contributed by atoms with Gasteiger partial charge in [0.05, 0.1) is 17.6 Å². The van der Waals surface area contributed by atoms with Gasteiger partial charge in [-0.1, -0.05) is 31.2 Å². The van der Waals surface area contributed by atoms with E-state index in [-0.39, 0.29) is 10.4 Å². The summed E-state index contributed by atoms with van der Waals surface area (Å²) in [5.74, 6) is 0.643. The average molecular weight is 326 g/mol. The molecular formula is C14H16ClN3O2S. The molecule has 1 heterocycles. The molecule has 0 saturated carbocycles. The third-order valence-corrected chi connectivity index (χ3v) is 5.44. The third-order valence-electron chi connectivity index (χ3n) is 3.68. The number of fused-ring (bicyclic) bond motifs is 1. The van der Waals surface area contributed by atoms with Crippen LogP contribution in [-0.2, 0) is 22.9 Å². The number of aromatic amines is 1. The molecule has 7 heteroatoms. The van der Waals surface area contributed by atoms with Crippen molar-refractivity contribution in [2.24, 2.45) is 0 Å². The maximum atomic E-state index is 12.4. The molecule has 0 aliphatic heterocycles. The van der Waals surface area contributed by atoms with Crippen LogP contribution in [0.5, 0.6) is 0 Å². The number of rotatable bonds is 4. The summed E-state index contributed by atoms with van der Waals surface area (Å²) in [6.07, 6.45) is 2.65. The second kappa shape index (κ2) is 5.44. The van der Waals surface area contributed by atoms with E-state index in [9.17, 15) is 8.42 Å². The van der Waals surface area contributed by atoms with Gasteiger partial charge in [0.2, 0.25) is 0 Å². The fourth-order valence-corrected chi connectivity index (χ4v) is 4.21. The van der Waals surface area contributed by atoms with Gasteiger partial charge in [-0.05, 0) is 17.5 Å². The van der Waals surface area contributed by atoms with E-state index in [2.05, 4.69) is 14.7 Å². The van der Waals surface area contributed by atoms with Gasteiger partial charge in [-0.15, -0.1) is 11.6 Å². The highest BCUT2D eigenvalue weighted by atomic mass is 35.5. The van der Waals surface area contributed by atoms with Gasteiger partial charge >= 0.3 is 0 Å². The Bertz CT molecular complexity index is 757. The Morgan fingerprint density at radius 2 is 2.19 bits per heavy atom. The third kappa shape index (κ3) is 2.71. The number of nitrogens with one attached hydrogen (secondary N) is 2. The largest absolute Gasteiger partial charge is 0.332 e. The molecule has 112 valence electrons. The number of aromatic nitrogens is 2. The first-order chi connectivity index (χ1) is 10.0. The first-order valence-electron chi connectivity index (χ1n) is 6.79. The number of aryl methyl sites for hydroxylation is 1. The van der Waals surface area contributed by atoms with Crippen molar-refractivity contribution < 1.29 is 8.42 Å². The van der Waals surface area contributed by atoms with Crippen molar-refractivity contribution >= 4 is 21.6 Å². The SMILES string of the molecule is CCc1ncc(S(=O)(=O)NC2c3ccccc3CC2Cl)[nH]1. The van der Waals surface area contributed by atoms with Crippen LogP contribution >= 0.6 is 11.6 Å². The summed E-state index contributed by atoms with van der Waals surface area (Å²) in [6.45, 7) is 1.91. The molecule has 1 aliphatic rings. The molecule has 0 radical (unpaired) electrons. The molecule has 2 unspecified atom stereocenters. The first kappa shape index (κ1) is 14.6. The summed E-state index contributed by atoms with van der Waals surface area (Å²) in [5.41, 5.74) is 2.03. The summed E-state index contributed by atoms with van der Waals surface area (Å²) >= 11 is 6.32. The van der Waals surface area contributed by atoms with Crippen LogP contribution in [0.15, 0.2) is 35.5 Å². The number of imidazole rings is 1. The zero-order valence-electron chi connectivity index (χ0n) is 11.5. The van der Waals surface area contributed by atoms with Crippen LogP contribution in [0.1, 0.15) is 29.9 Å². The van der Waals surface area contributed by atoms with Crippen LogP contribution in [0.2, 0.25) is 0 Å². The number of hydrogen-bond donors (Lipinski definition) is 2. The van der Waals surface area contributed by atoms with Gasteiger partial charge in [-0.3, -0.25) is 0 Å². The van der Waals surface area contributed by atoms with Crippen LogP contribution in [0.25, 0.3) is 0 Å². The molecule has 0 saturated heterocycles. The molecular weight excluding hydrogens is 310 g/mol. The summed E-state index contributed by atoms with van der Waals surface area (Å²) in [5, 5.41) is -0.210. The smallest absolute Gasteiger partial charge is 0.258 e. The lowest BCUT2D eigenvalue weighted by atomic mass is 10.1. The highest BCUT2D eigenvalue weighted by Crippen LogP contribution is 2.35. The van der Waals surface area contributed by atoms with Crippen molar-refractivity contribution in [2.45, 2.75) is 36.2 Å². The molecule has 1 aromatic heterocycles. The highest BCUT2D eigenvalue weighted by molar-refractivity contribution is 7.89. The number of hydrogen-bond acceptors (Lipinski definition) is 3. The van der Waals surface area contributed by atoms with Crippen LogP contribution in [0.3, 0.4) is 0 Å². The van der Waals surface area contributed by atoms with Crippen molar-refractivity contribution in [2.75, 3.05) is 0 Å². The molecule has 0 fully saturated rings. The van der Waals surface area contributed by atoms with Crippen molar-refractivity contribution in [1.29, 1.82) is 0 Å². The molecule has 21 heavy (non-hydrogen) atoms. The first-order valence-corrected chi connectivity index (χ1v) is 8.71. The van der Waals surface area contributed by atoms with Crippen molar-refractivity contribution in [3.05, 3.63) is 47.4 Å². The van der Waals surface area contributed by atoms with Crippen molar-refractivity contribution in [1.82, 2.24) is 14.7 Å². The Morgan fingerprint density at radius 1 is 1.43 bits per heavy atom. The van der Waals surface area contributed by atoms with E-state index < -0.39 is 16.1 Å². The Hall–Kier alpha value is -1.37. The highest BCUT2D eigenvalue weighted by Gasteiger charge is 2.34. The summed E-state index contributed by atoms with van der Waals surface area (Å²) < 4.78 is 27.5. The van der Waals surface area contributed by atoms with Gasteiger partial charge in [-0.25, -0.2) is 18.1 Å². The maximum absolute atomic E-state index is 12.4. The van der Waals surface area contributed by atoms with E-state index in [1.165, 1.54) is 6.20 Å². The topological polar surface area (TPSA) is 74.8 Å². The van der Waals surface area contributed by atoms with Crippen LogP contribution in [0.4, 0.5) is 0 Å². The summed E-state index contributed by atoms with van der Waals surface area (Å²) in [7, 11) is -3.66. The molecule has 5 nitrogen and oxygen atoms in total. The molecule has 2 aromatic rings. The zero-order chi connectivity index (χ0) is 15.0. The standard InChI is InChI=1S/C14H16ClN3O2S/c1-2-12-16-8-13(17-12)21(19,20)18-14-10-6-4-3-5-9(10)7-11(14)15/h3-6,8,11,14,18H,2,7H2,1H3,(H,16,17). The van der Waals surface area contributed by atoms with Gasteiger partial charge in [0.15, 0.2) is 5.03 Å². The zero-order valence-corrected chi connectivity index (χ0v) is 13.1. The maximum Gasteiger partial charge on any atom is 0.258 e.